The summed E-state index contributed by atoms with van der Waals surface area (Å²) in [4.78, 5) is 89.1. The first-order valence-corrected chi connectivity index (χ1v) is 31.6. The van der Waals surface area contributed by atoms with Gasteiger partial charge in [-0.3, -0.25) is 48.3 Å². The number of hydrogen-bond donors (Lipinski definition) is 1. The maximum atomic E-state index is 12.2. The Labute approximate surface area is 668 Å². The van der Waals surface area contributed by atoms with Crippen molar-refractivity contribution in [3.63, 3.8) is 0 Å². The minimum Gasteiger partial charge on any atom is -0.333 e. The van der Waals surface area contributed by atoms with Crippen LogP contribution in [-0.2, 0) is 119 Å². The van der Waals surface area contributed by atoms with Crippen molar-refractivity contribution in [2.24, 2.45) is 26.9 Å². The van der Waals surface area contributed by atoms with Crippen LogP contribution in [0.25, 0.3) is 17.1 Å². The molecular formula is C77H114N9O10Y3-5. The minimum absolute atomic E-state index is 0. The van der Waals surface area contributed by atoms with Gasteiger partial charge in [0, 0.05) is 164 Å². The molecule has 99 heavy (non-hydrogen) atoms. The Morgan fingerprint density at radius 3 is 0.697 bits per heavy atom. The molecule has 0 atom stereocenters. The van der Waals surface area contributed by atoms with Gasteiger partial charge in [0.05, 0.1) is 0 Å². The zero-order valence-corrected chi connectivity index (χ0v) is 72.3. The maximum absolute atomic E-state index is 12.2. The third-order valence-electron chi connectivity index (χ3n) is 11.4. The van der Waals surface area contributed by atoms with Gasteiger partial charge in [0.25, 0.3) is 0 Å². The van der Waals surface area contributed by atoms with Crippen molar-refractivity contribution >= 4 is 0 Å². The minimum atomic E-state index is -0.500. The van der Waals surface area contributed by atoms with Gasteiger partial charge in [0.1, 0.15) is 0 Å². The van der Waals surface area contributed by atoms with Crippen LogP contribution < -0.4 is 39.5 Å². The van der Waals surface area contributed by atoms with E-state index in [9.17, 15) is 28.8 Å². The molecule has 0 fully saturated rings. The summed E-state index contributed by atoms with van der Waals surface area (Å²) < 4.78 is 7.91. The van der Waals surface area contributed by atoms with Crippen LogP contribution >= 0.6 is 0 Å². The largest absolute Gasteiger partial charge is 0.333 e. The Morgan fingerprint density at radius 1 is 0.364 bits per heavy atom. The molecule has 541 valence electrons. The Kier molecular flexibility index (Phi) is 80.3. The van der Waals surface area contributed by atoms with Crippen LogP contribution in [0.1, 0.15) is 147 Å². The van der Waals surface area contributed by atoms with Crippen LogP contribution in [0, 0.1) is 120 Å². The predicted octanol–water partition coefficient (Wildman–Crippen LogP) is 14.9. The number of nitro groups is 2. The van der Waals surface area contributed by atoms with Gasteiger partial charge in [-0.25, -0.2) is 14.4 Å². The molecule has 19 nitrogen and oxygen atoms in total. The number of hydrogen-bond acceptors (Lipinski definition) is 11. The van der Waals surface area contributed by atoms with Gasteiger partial charge in [-0.15, -0.1) is 16.7 Å². The maximum Gasteiger partial charge on any atom is 0.324 e. The van der Waals surface area contributed by atoms with E-state index in [-0.39, 0.29) is 139 Å². The summed E-state index contributed by atoms with van der Waals surface area (Å²) in [6.45, 7) is 42.7. The van der Waals surface area contributed by atoms with Crippen molar-refractivity contribution in [1.29, 1.82) is 0 Å². The SMILES string of the molecule is C.CC.CC.CC.CC.CC.CC.CN.C[N+](=O)[O-].C[N+](=O)[O-].Cc1[c-]cc(-n2c(=O)cc(C)n(C)c2=O)c(C)c1.Cc1[c-]cc(-n2c(=O)cc(C)n(C)c2=O)c(C)c1.Cc1[c-]cc(-n2c(=O)cc(C)n(C)c2=O)c(C)c1.Cc1ccccc1.[Y].[Y].[Y].[c-]1ccccc1.[c-]1ccccc1. The standard InChI is InChI=1S/3C14H15N2O2.C7H8.2C6H5.6C2H6.2CH3NO2.CH5N.CH4.3Y/c3*1-9-5-6-12(10(2)7-9)16-13(17)8-11(3)15(4)14(16)18;1-7-5-3-2-4-6-7;2*1-2-4-6-5-3-1;6*1-2;2*1-2(3)4;1-2;;;;/h3*6-8H,1-4H3;2-6H,1H3;2*1-5H;6*1-2H3;2*1H3;2H2,1H3;1H4;;;/q3*-1;;2*-1;;;;;;;;;;;;;. The van der Waals surface area contributed by atoms with Gasteiger partial charge < -0.3 is 19.4 Å². The van der Waals surface area contributed by atoms with E-state index in [1.54, 1.807) is 60.1 Å². The summed E-state index contributed by atoms with van der Waals surface area (Å²) >= 11 is 0. The molecule has 6 aromatic carbocycles. The average Bonchev–Trinajstić information content (AvgIpc) is 0.809. The third-order valence-corrected chi connectivity index (χ3v) is 11.4. The Hall–Kier alpha value is -6.57. The van der Waals surface area contributed by atoms with E-state index in [4.69, 9.17) is 20.2 Å². The van der Waals surface area contributed by atoms with E-state index in [1.165, 1.54) is 58.2 Å². The molecule has 0 aliphatic rings. The monoisotopic (exact) mass is 1590 g/mol. The molecule has 0 bridgehead atoms. The first-order valence-electron chi connectivity index (χ1n) is 31.6. The van der Waals surface area contributed by atoms with Crippen LogP contribution in [0.15, 0.2) is 174 Å². The van der Waals surface area contributed by atoms with E-state index in [0.29, 0.717) is 34.1 Å². The van der Waals surface area contributed by atoms with Crippen LogP contribution in [-0.4, -0.2) is 58.4 Å². The smallest absolute Gasteiger partial charge is 0.324 e. The topological polar surface area (TPSA) is 244 Å². The van der Waals surface area contributed by atoms with Gasteiger partial charge in [-0.1, -0.05) is 185 Å². The zero-order chi connectivity index (χ0) is 75.1. The molecule has 0 saturated heterocycles. The van der Waals surface area contributed by atoms with E-state index < -0.39 is 9.85 Å². The summed E-state index contributed by atoms with van der Waals surface area (Å²) in [5, 5.41) is 17.6. The quantitative estimate of drug-likeness (QED) is 0.0990. The number of rotatable bonds is 3. The summed E-state index contributed by atoms with van der Waals surface area (Å²) in [7, 11) is 8.24. The van der Waals surface area contributed by atoms with Crippen molar-refractivity contribution in [2.75, 3.05) is 21.1 Å². The summed E-state index contributed by atoms with van der Waals surface area (Å²) in [6, 6.07) is 59.5. The van der Waals surface area contributed by atoms with Crippen molar-refractivity contribution in [1.82, 2.24) is 27.4 Å². The second-order valence-corrected chi connectivity index (χ2v) is 18.1. The number of aromatic nitrogens is 6. The normalized spacial score (nSPS) is 8.33. The first kappa shape index (κ1) is 114. The molecule has 9 rings (SSSR count). The molecule has 0 aliphatic carbocycles. The summed E-state index contributed by atoms with van der Waals surface area (Å²) in [5.41, 5.74) is 13.2. The molecule has 0 unspecified atom stereocenters. The van der Waals surface area contributed by atoms with Crippen LogP contribution in [0.5, 0.6) is 0 Å². The molecule has 9 aromatic rings. The molecule has 22 heteroatoms. The molecule has 3 heterocycles. The van der Waals surface area contributed by atoms with Gasteiger partial charge in [-0.2, -0.15) is 144 Å². The second-order valence-electron chi connectivity index (χ2n) is 18.1. The molecule has 0 spiro atoms. The fourth-order valence-corrected chi connectivity index (χ4v) is 7.02. The van der Waals surface area contributed by atoms with E-state index in [1.807, 2.05) is 222 Å². The number of nitrogens with two attached hydrogens (primary N) is 1. The average molecular weight is 1590 g/mol. The number of benzene rings is 6. The summed E-state index contributed by atoms with van der Waals surface area (Å²) in [6.07, 6.45) is 0. The van der Waals surface area contributed by atoms with Gasteiger partial charge in [0.2, 0.25) is 16.7 Å². The molecule has 0 aliphatic heterocycles. The predicted molar refractivity (Wildman–Crippen MR) is 403 cm³/mol. The number of aryl methyl sites for hydroxylation is 10. The molecule has 0 saturated carbocycles. The van der Waals surface area contributed by atoms with Crippen molar-refractivity contribution in [2.45, 2.75) is 160 Å². The van der Waals surface area contributed by atoms with E-state index >= 15 is 0 Å². The summed E-state index contributed by atoms with van der Waals surface area (Å²) in [5.74, 6) is 0. The van der Waals surface area contributed by atoms with Crippen LogP contribution in [0.4, 0.5) is 0 Å². The molecule has 3 radical (unpaired) electrons. The molecular weight excluding hydrogens is 1480 g/mol. The fraction of sp³-hybridized carbons (Fsp3) is 0.377. The first-order chi connectivity index (χ1) is 45.1. The number of nitrogens with zero attached hydrogens (tertiary/aromatic N) is 8. The second kappa shape index (κ2) is 69.9. The molecule has 0 amide bonds. The van der Waals surface area contributed by atoms with Crippen molar-refractivity contribution < 1.29 is 108 Å². The Balaban J connectivity index is -0.000000116. The molecule has 3 aromatic heterocycles. The molecule has 2 N–H and O–H groups in total. The zero-order valence-electron chi connectivity index (χ0n) is 63.8. The van der Waals surface area contributed by atoms with Gasteiger partial charge in [0.15, 0.2) is 14.1 Å². The Morgan fingerprint density at radius 2 is 0.556 bits per heavy atom. The van der Waals surface area contributed by atoms with Crippen molar-refractivity contribution in [3.8, 4) is 17.1 Å². The van der Waals surface area contributed by atoms with Crippen molar-refractivity contribution in [3.05, 3.63) is 315 Å². The fourth-order valence-electron chi connectivity index (χ4n) is 7.02. The van der Waals surface area contributed by atoms with E-state index in [0.717, 1.165) is 47.5 Å². The van der Waals surface area contributed by atoms with Crippen LogP contribution in [0.2, 0.25) is 0 Å². The van der Waals surface area contributed by atoms with Gasteiger partial charge in [-0.05, 0) is 34.7 Å². The third kappa shape index (κ3) is 47.2. The van der Waals surface area contributed by atoms with E-state index in [2.05, 4.69) is 55.1 Å². The Bertz CT molecular complexity index is 3480. The van der Waals surface area contributed by atoms with Gasteiger partial charge >= 0.3 is 17.1 Å². The van der Waals surface area contributed by atoms with Crippen LogP contribution in [0.3, 0.4) is 0 Å².